The maximum absolute atomic E-state index is 11.9. The Morgan fingerprint density at radius 2 is 2.00 bits per heavy atom. The minimum atomic E-state index is -0.574. The monoisotopic (exact) mass is 246 g/mol. The van der Waals surface area contributed by atoms with Gasteiger partial charge in [-0.05, 0) is 34.7 Å². The lowest BCUT2D eigenvalue weighted by molar-refractivity contribution is -0.127. The number of amides is 1. The average molecular weight is 246 g/mol. The van der Waals surface area contributed by atoms with Gasteiger partial charge in [0.2, 0.25) is 5.91 Å². The van der Waals surface area contributed by atoms with E-state index in [9.17, 15) is 9.90 Å². The number of nitrogens with zero attached hydrogens (tertiary/aromatic N) is 1. The smallest absolute Gasteiger partial charge is 0.237 e. The molecule has 0 aromatic carbocycles. The first-order chi connectivity index (χ1) is 7.67. The molecule has 0 aliphatic rings. The lowest BCUT2D eigenvalue weighted by atomic mass is 10.1. The van der Waals surface area contributed by atoms with Crippen LogP contribution in [0.25, 0.3) is 0 Å². The van der Waals surface area contributed by atoms with Gasteiger partial charge in [-0.2, -0.15) is 0 Å². The second-order valence-electron chi connectivity index (χ2n) is 5.46. The predicted molar refractivity (Wildman–Crippen MR) is 67.9 cm³/mol. The Bertz CT molecular complexity index is 238. The molecule has 17 heavy (non-hydrogen) atoms. The van der Waals surface area contributed by atoms with Crippen LogP contribution < -0.4 is 5.32 Å². The Morgan fingerprint density at radius 1 is 1.47 bits per heavy atom. The standard InChI is InChI=1S/C12H26N2O3/c1-9(11(16)13-12(2,3)4)14(5)7-10(15)8-17-6/h9-10,15H,7-8H2,1-6H3,(H,13,16). The molecular weight excluding hydrogens is 220 g/mol. The lowest BCUT2D eigenvalue weighted by Crippen LogP contribution is -2.51. The fourth-order valence-electron chi connectivity index (χ4n) is 1.41. The highest BCUT2D eigenvalue weighted by atomic mass is 16.5. The van der Waals surface area contributed by atoms with Gasteiger partial charge >= 0.3 is 0 Å². The molecule has 0 aliphatic heterocycles. The van der Waals surface area contributed by atoms with Crippen molar-refractivity contribution in [3.05, 3.63) is 0 Å². The summed E-state index contributed by atoms with van der Waals surface area (Å²) in [5.74, 6) is -0.0374. The molecule has 2 unspecified atom stereocenters. The Morgan fingerprint density at radius 3 is 2.41 bits per heavy atom. The Balaban J connectivity index is 4.20. The second kappa shape index (κ2) is 6.93. The summed E-state index contributed by atoms with van der Waals surface area (Å²) in [6.07, 6.45) is -0.574. The van der Waals surface area contributed by atoms with E-state index in [-0.39, 0.29) is 24.1 Å². The molecule has 0 aliphatic carbocycles. The molecule has 1 amide bonds. The van der Waals surface area contributed by atoms with Crippen LogP contribution in [-0.4, -0.2) is 60.9 Å². The van der Waals surface area contributed by atoms with Crippen molar-refractivity contribution >= 4 is 5.91 Å². The van der Waals surface area contributed by atoms with Gasteiger partial charge in [0.1, 0.15) is 0 Å². The van der Waals surface area contributed by atoms with E-state index in [1.807, 2.05) is 39.6 Å². The summed E-state index contributed by atoms with van der Waals surface area (Å²) in [5, 5.41) is 12.5. The minimum absolute atomic E-state index is 0.0374. The van der Waals surface area contributed by atoms with Crippen molar-refractivity contribution in [1.82, 2.24) is 10.2 Å². The Hall–Kier alpha value is -0.650. The zero-order valence-corrected chi connectivity index (χ0v) is 11.8. The summed E-state index contributed by atoms with van der Waals surface area (Å²) in [6, 6.07) is -0.277. The highest BCUT2D eigenvalue weighted by molar-refractivity contribution is 5.81. The van der Waals surface area contributed by atoms with Gasteiger partial charge in [0.05, 0.1) is 18.8 Å². The average Bonchev–Trinajstić information content (AvgIpc) is 2.13. The van der Waals surface area contributed by atoms with Crippen molar-refractivity contribution in [1.29, 1.82) is 0 Å². The third-order valence-corrected chi connectivity index (χ3v) is 2.40. The lowest BCUT2D eigenvalue weighted by Gasteiger charge is -2.29. The third-order valence-electron chi connectivity index (χ3n) is 2.40. The first-order valence-electron chi connectivity index (χ1n) is 5.86. The fourth-order valence-corrected chi connectivity index (χ4v) is 1.41. The number of methoxy groups -OCH3 is 1. The van der Waals surface area contributed by atoms with Crippen LogP contribution >= 0.6 is 0 Å². The number of carbonyl (C=O) groups is 1. The number of hydrogen-bond acceptors (Lipinski definition) is 4. The molecule has 0 saturated heterocycles. The summed E-state index contributed by atoms with van der Waals surface area (Å²) in [7, 11) is 3.35. The molecule has 0 aromatic rings. The summed E-state index contributed by atoms with van der Waals surface area (Å²) in [6.45, 7) is 8.33. The van der Waals surface area contributed by atoms with E-state index in [0.717, 1.165) is 0 Å². The van der Waals surface area contributed by atoms with E-state index in [1.54, 1.807) is 7.11 Å². The molecule has 0 radical (unpaired) electrons. The van der Waals surface area contributed by atoms with Gasteiger partial charge < -0.3 is 15.2 Å². The van der Waals surface area contributed by atoms with E-state index in [1.165, 1.54) is 0 Å². The van der Waals surface area contributed by atoms with Crippen LogP contribution in [0.15, 0.2) is 0 Å². The topological polar surface area (TPSA) is 61.8 Å². The first kappa shape index (κ1) is 16.4. The van der Waals surface area contributed by atoms with Gasteiger partial charge in [-0.1, -0.05) is 0 Å². The molecule has 2 N–H and O–H groups in total. The number of aliphatic hydroxyl groups excluding tert-OH is 1. The molecule has 102 valence electrons. The van der Waals surface area contributed by atoms with Crippen molar-refractivity contribution in [2.75, 3.05) is 27.3 Å². The Kier molecular flexibility index (Phi) is 6.67. The Labute approximate surface area is 104 Å². The van der Waals surface area contributed by atoms with Crippen LogP contribution in [0.1, 0.15) is 27.7 Å². The van der Waals surface area contributed by atoms with Crippen molar-refractivity contribution in [2.24, 2.45) is 0 Å². The maximum Gasteiger partial charge on any atom is 0.237 e. The number of hydrogen-bond donors (Lipinski definition) is 2. The van der Waals surface area contributed by atoms with Gasteiger partial charge in [0.15, 0.2) is 0 Å². The molecule has 0 aromatic heterocycles. The highest BCUT2D eigenvalue weighted by Gasteiger charge is 2.23. The van der Waals surface area contributed by atoms with Gasteiger partial charge in [-0.25, -0.2) is 0 Å². The molecule has 0 rings (SSSR count). The SMILES string of the molecule is COCC(O)CN(C)C(C)C(=O)NC(C)(C)C. The molecule has 5 nitrogen and oxygen atoms in total. The van der Waals surface area contributed by atoms with Crippen LogP contribution in [-0.2, 0) is 9.53 Å². The van der Waals surface area contributed by atoms with Crippen LogP contribution in [0, 0.1) is 0 Å². The summed E-state index contributed by atoms with van der Waals surface area (Å²) in [5.41, 5.74) is -0.239. The summed E-state index contributed by atoms with van der Waals surface area (Å²) >= 11 is 0. The van der Waals surface area contributed by atoms with E-state index in [2.05, 4.69) is 5.32 Å². The van der Waals surface area contributed by atoms with Crippen molar-refractivity contribution in [2.45, 2.75) is 45.4 Å². The van der Waals surface area contributed by atoms with Crippen molar-refractivity contribution in [3.8, 4) is 0 Å². The predicted octanol–water partition coefficient (Wildman–Crippen LogP) is 0.229. The number of likely N-dealkylation sites (N-methyl/N-ethyl adjacent to an activating group) is 1. The zero-order valence-electron chi connectivity index (χ0n) is 11.8. The molecule has 0 saturated carbocycles. The van der Waals surface area contributed by atoms with Crippen LogP contribution in [0.4, 0.5) is 0 Å². The molecule has 0 fully saturated rings. The normalized spacial score (nSPS) is 15.8. The number of aliphatic hydroxyl groups is 1. The molecule has 2 atom stereocenters. The van der Waals surface area contributed by atoms with E-state index >= 15 is 0 Å². The van der Waals surface area contributed by atoms with Gasteiger partial charge in [-0.3, -0.25) is 9.69 Å². The zero-order chi connectivity index (χ0) is 13.6. The van der Waals surface area contributed by atoms with E-state index < -0.39 is 6.10 Å². The van der Waals surface area contributed by atoms with Gasteiger partial charge in [-0.15, -0.1) is 0 Å². The largest absolute Gasteiger partial charge is 0.389 e. The number of rotatable bonds is 6. The van der Waals surface area contributed by atoms with E-state index in [0.29, 0.717) is 6.54 Å². The van der Waals surface area contributed by atoms with Crippen LogP contribution in [0.3, 0.4) is 0 Å². The second-order valence-corrected chi connectivity index (χ2v) is 5.46. The minimum Gasteiger partial charge on any atom is -0.389 e. The fraction of sp³-hybridized carbons (Fsp3) is 0.917. The van der Waals surface area contributed by atoms with E-state index in [4.69, 9.17) is 4.74 Å². The molecule has 5 heteroatoms. The molecular formula is C12H26N2O3. The van der Waals surface area contributed by atoms with Crippen molar-refractivity contribution < 1.29 is 14.6 Å². The summed E-state index contributed by atoms with van der Waals surface area (Å²) in [4.78, 5) is 13.7. The van der Waals surface area contributed by atoms with Crippen molar-refractivity contribution in [3.63, 3.8) is 0 Å². The molecule has 0 spiro atoms. The van der Waals surface area contributed by atoms with Crippen LogP contribution in [0.2, 0.25) is 0 Å². The van der Waals surface area contributed by atoms with Gasteiger partial charge in [0.25, 0.3) is 0 Å². The third kappa shape index (κ3) is 7.31. The highest BCUT2D eigenvalue weighted by Crippen LogP contribution is 2.03. The number of nitrogens with one attached hydrogen (secondary N) is 1. The number of carbonyl (C=O) groups excluding carboxylic acids is 1. The molecule has 0 bridgehead atoms. The quantitative estimate of drug-likeness (QED) is 0.704. The molecule has 0 heterocycles. The first-order valence-corrected chi connectivity index (χ1v) is 5.86. The maximum atomic E-state index is 11.9. The van der Waals surface area contributed by atoms with Gasteiger partial charge in [0, 0.05) is 19.2 Å². The summed E-state index contributed by atoms with van der Waals surface area (Å²) < 4.78 is 4.85. The number of ether oxygens (including phenoxy) is 1. The van der Waals surface area contributed by atoms with Crippen LogP contribution in [0.5, 0.6) is 0 Å².